The molecule has 102 valence electrons. The number of hydrogen-bond donors (Lipinski definition) is 2. The van der Waals surface area contributed by atoms with Crippen molar-refractivity contribution in [1.82, 2.24) is 4.72 Å². The van der Waals surface area contributed by atoms with Crippen molar-refractivity contribution < 1.29 is 8.42 Å². The van der Waals surface area contributed by atoms with Crippen molar-refractivity contribution >= 4 is 15.7 Å². The fourth-order valence-electron chi connectivity index (χ4n) is 1.31. The third-order valence-corrected chi connectivity index (χ3v) is 4.55. The average Bonchev–Trinajstić information content (AvgIpc) is 2.28. The third kappa shape index (κ3) is 3.71. The maximum Gasteiger partial charge on any atom is 0.240 e. The van der Waals surface area contributed by atoms with Gasteiger partial charge in [-0.05, 0) is 43.7 Å². The van der Waals surface area contributed by atoms with E-state index in [9.17, 15) is 8.42 Å². The van der Waals surface area contributed by atoms with Crippen LogP contribution >= 0.6 is 0 Å². The molecule has 1 rings (SSSR count). The van der Waals surface area contributed by atoms with Crippen molar-refractivity contribution in [2.75, 3.05) is 12.4 Å². The highest BCUT2D eigenvalue weighted by atomic mass is 32.2. The van der Waals surface area contributed by atoms with Gasteiger partial charge < -0.3 is 5.32 Å². The minimum absolute atomic E-state index is 0.149. The lowest BCUT2D eigenvalue weighted by atomic mass is 9.88. The quantitative estimate of drug-likeness (QED) is 0.883. The minimum atomic E-state index is -3.35. The molecule has 0 aromatic heterocycles. The van der Waals surface area contributed by atoms with Gasteiger partial charge in [0.15, 0.2) is 0 Å². The summed E-state index contributed by atoms with van der Waals surface area (Å²) in [4.78, 5) is 0.277. The van der Waals surface area contributed by atoms with Crippen LogP contribution in [0.5, 0.6) is 0 Å². The van der Waals surface area contributed by atoms with E-state index < -0.39 is 10.0 Å². The molecule has 0 radical (unpaired) electrons. The molecule has 1 aromatic rings. The molecule has 0 saturated heterocycles. The average molecular weight is 270 g/mol. The summed E-state index contributed by atoms with van der Waals surface area (Å²) in [6, 6.07) is 7.07. The molecule has 0 saturated carbocycles. The number of rotatable bonds is 4. The Morgan fingerprint density at radius 3 is 2.00 bits per heavy atom. The number of benzene rings is 1. The number of hydrogen-bond acceptors (Lipinski definition) is 3. The Hall–Kier alpha value is -1.07. The van der Waals surface area contributed by atoms with Gasteiger partial charge in [0.25, 0.3) is 0 Å². The Kier molecular flexibility index (Phi) is 4.40. The Labute approximate surface area is 110 Å². The molecule has 0 aliphatic carbocycles. The lowest BCUT2D eigenvalue weighted by Crippen LogP contribution is -2.30. The molecule has 0 heterocycles. The van der Waals surface area contributed by atoms with E-state index in [-0.39, 0.29) is 10.3 Å². The van der Waals surface area contributed by atoms with Crippen LogP contribution in [0.3, 0.4) is 0 Å². The number of sulfonamides is 1. The summed E-state index contributed by atoms with van der Waals surface area (Å²) in [5.74, 6) is 0. The molecule has 18 heavy (non-hydrogen) atoms. The number of nitrogens with one attached hydrogen (secondary N) is 2. The third-order valence-electron chi connectivity index (χ3n) is 3.12. The largest absolute Gasteiger partial charge is 0.382 e. The van der Waals surface area contributed by atoms with Crippen LogP contribution in [0.4, 0.5) is 5.69 Å². The van der Waals surface area contributed by atoms with E-state index in [4.69, 9.17) is 0 Å². The zero-order valence-electron chi connectivity index (χ0n) is 11.6. The molecule has 0 aliphatic heterocycles. The first kappa shape index (κ1) is 15.0. The summed E-state index contributed by atoms with van der Waals surface area (Å²) >= 11 is 0. The second-order valence-corrected chi connectivity index (χ2v) is 7.35. The van der Waals surface area contributed by atoms with Crippen molar-refractivity contribution in [1.29, 1.82) is 0 Å². The van der Waals surface area contributed by atoms with Crippen LogP contribution in [0, 0.1) is 5.41 Å². The normalized spacial score (nSPS) is 14.3. The molecule has 0 spiro atoms. The highest BCUT2D eigenvalue weighted by Crippen LogP contribution is 2.23. The first-order chi connectivity index (χ1) is 8.16. The fourth-order valence-corrected chi connectivity index (χ4v) is 2.04. The molecule has 2 N–H and O–H groups in total. The van der Waals surface area contributed by atoms with Gasteiger partial charge in [0.05, 0.1) is 4.90 Å². The summed E-state index contributed by atoms with van der Waals surface area (Å²) in [7, 11) is -1.94. The minimum Gasteiger partial charge on any atom is -0.382 e. The topological polar surface area (TPSA) is 58.2 Å². The van der Waals surface area contributed by atoms with Crippen molar-refractivity contribution in [3.05, 3.63) is 24.3 Å². The molecular formula is C13H22N2O2S. The van der Waals surface area contributed by atoms with E-state index in [1.807, 2.05) is 0 Å². The second kappa shape index (κ2) is 5.28. The first-order valence-electron chi connectivity index (χ1n) is 5.97. The molecule has 1 aromatic carbocycles. The first-order valence-corrected chi connectivity index (χ1v) is 7.45. The molecule has 0 aliphatic rings. The van der Waals surface area contributed by atoms with Crippen molar-refractivity contribution in [3.8, 4) is 0 Å². The van der Waals surface area contributed by atoms with Crippen molar-refractivity contribution in [2.24, 2.45) is 5.41 Å². The van der Waals surface area contributed by atoms with Crippen LogP contribution in [0.15, 0.2) is 29.2 Å². The van der Waals surface area contributed by atoms with Crippen LogP contribution in [0.25, 0.3) is 0 Å². The highest BCUT2D eigenvalue weighted by Gasteiger charge is 2.19. The van der Waals surface area contributed by atoms with Gasteiger partial charge in [0.1, 0.15) is 0 Å². The van der Waals surface area contributed by atoms with Crippen LogP contribution in [-0.4, -0.2) is 21.5 Å². The zero-order chi connectivity index (χ0) is 14.0. The van der Waals surface area contributed by atoms with Gasteiger partial charge in [-0.1, -0.05) is 20.8 Å². The van der Waals surface area contributed by atoms with Gasteiger partial charge >= 0.3 is 0 Å². The SMILES string of the molecule is CNS(=O)(=O)c1ccc(NC(C)C(C)(C)C)cc1. The van der Waals surface area contributed by atoms with Gasteiger partial charge in [-0.15, -0.1) is 0 Å². The molecule has 1 unspecified atom stereocenters. The predicted molar refractivity (Wildman–Crippen MR) is 75.2 cm³/mol. The molecule has 1 atom stereocenters. The summed E-state index contributed by atoms with van der Waals surface area (Å²) in [5.41, 5.74) is 1.07. The van der Waals surface area contributed by atoms with E-state index in [1.54, 1.807) is 24.3 Å². The molecule has 0 bridgehead atoms. The summed E-state index contributed by atoms with van der Waals surface area (Å²) in [5, 5.41) is 3.36. The van der Waals surface area contributed by atoms with Crippen LogP contribution in [0.1, 0.15) is 27.7 Å². The van der Waals surface area contributed by atoms with E-state index in [1.165, 1.54) is 7.05 Å². The predicted octanol–water partition coefficient (Wildman–Crippen LogP) is 2.44. The lowest BCUT2D eigenvalue weighted by Gasteiger charge is -2.29. The molecule has 4 nitrogen and oxygen atoms in total. The maximum atomic E-state index is 11.6. The van der Waals surface area contributed by atoms with E-state index in [2.05, 4.69) is 37.7 Å². The van der Waals surface area contributed by atoms with Crippen LogP contribution < -0.4 is 10.0 Å². The van der Waals surface area contributed by atoms with Gasteiger partial charge in [0.2, 0.25) is 10.0 Å². The maximum absolute atomic E-state index is 11.6. The smallest absolute Gasteiger partial charge is 0.240 e. The summed E-state index contributed by atoms with van der Waals surface area (Å²) in [6.07, 6.45) is 0. The Morgan fingerprint density at radius 2 is 1.61 bits per heavy atom. The Bertz CT molecular complexity index is 487. The molecular weight excluding hydrogens is 248 g/mol. The van der Waals surface area contributed by atoms with Crippen molar-refractivity contribution in [3.63, 3.8) is 0 Å². The van der Waals surface area contributed by atoms with Gasteiger partial charge in [-0.25, -0.2) is 13.1 Å². The van der Waals surface area contributed by atoms with Gasteiger partial charge in [-0.2, -0.15) is 0 Å². The van der Waals surface area contributed by atoms with Crippen LogP contribution in [-0.2, 0) is 10.0 Å². The highest BCUT2D eigenvalue weighted by molar-refractivity contribution is 7.89. The molecule has 5 heteroatoms. The van der Waals surface area contributed by atoms with Gasteiger partial charge in [0, 0.05) is 11.7 Å². The van der Waals surface area contributed by atoms with E-state index >= 15 is 0 Å². The summed E-state index contributed by atoms with van der Waals surface area (Å²) < 4.78 is 25.4. The van der Waals surface area contributed by atoms with E-state index in [0.29, 0.717) is 6.04 Å². The standard InChI is InChI=1S/C13H22N2O2S/c1-10(13(2,3)4)15-11-6-8-12(9-7-11)18(16,17)14-5/h6-10,14-15H,1-5H3. The molecule has 0 fully saturated rings. The van der Waals surface area contributed by atoms with E-state index in [0.717, 1.165) is 5.69 Å². The second-order valence-electron chi connectivity index (χ2n) is 5.46. The Balaban J connectivity index is 2.85. The van der Waals surface area contributed by atoms with Crippen molar-refractivity contribution in [2.45, 2.75) is 38.6 Å². The number of anilines is 1. The summed E-state index contributed by atoms with van der Waals surface area (Å²) in [6.45, 7) is 8.58. The fraction of sp³-hybridized carbons (Fsp3) is 0.538. The lowest BCUT2D eigenvalue weighted by molar-refractivity contribution is 0.359. The zero-order valence-corrected chi connectivity index (χ0v) is 12.4. The monoisotopic (exact) mass is 270 g/mol. The van der Waals surface area contributed by atoms with Gasteiger partial charge in [-0.3, -0.25) is 0 Å². The Morgan fingerprint density at radius 1 is 1.11 bits per heavy atom. The van der Waals surface area contributed by atoms with Crippen LogP contribution in [0.2, 0.25) is 0 Å². The molecule has 0 amide bonds.